The highest BCUT2D eigenvalue weighted by atomic mass is 16.5. The second kappa shape index (κ2) is 7.98. The van der Waals surface area contributed by atoms with Gasteiger partial charge in [0.1, 0.15) is 0 Å². The van der Waals surface area contributed by atoms with Gasteiger partial charge < -0.3 is 14.3 Å². The molecule has 1 unspecified atom stereocenters. The summed E-state index contributed by atoms with van der Waals surface area (Å²) in [5, 5.41) is 11.6. The number of methoxy groups -OCH3 is 1. The van der Waals surface area contributed by atoms with Crippen LogP contribution in [0.3, 0.4) is 0 Å². The molecule has 1 amide bonds. The second-order valence-electron chi connectivity index (χ2n) is 7.91. The molecule has 0 aliphatic carbocycles. The number of amides is 1. The first kappa shape index (κ1) is 20.6. The van der Waals surface area contributed by atoms with Crippen molar-refractivity contribution in [1.29, 1.82) is 0 Å². The Balaban J connectivity index is 1.66. The topological polar surface area (TPSA) is 80.0 Å². The van der Waals surface area contributed by atoms with Crippen molar-refractivity contribution in [1.82, 2.24) is 0 Å². The Bertz CT molecular complexity index is 1420. The first-order valence-electron chi connectivity index (χ1n) is 10.5. The Morgan fingerprint density at radius 3 is 2.48 bits per heavy atom. The van der Waals surface area contributed by atoms with E-state index in [4.69, 9.17) is 9.15 Å². The van der Waals surface area contributed by atoms with Crippen LogP contribution in [0.4, 0.5) is 5.69 Å². The monoisotopic (exact) mass is 439 g/mol. The molecule has 5 rings (SSSR count). The number of ketones is 1. The fraction of sp³-hybridized carbons (Fsp3) is 0.111. The van der Waals surface area contributed by atoms with E-state index in [2.05, 4.69) is 0 Å². The number of aliphatic hydroxyl groups excluding tert-OH is 1. The largest absolute Gasteiger partial charge is 0.503 e. The average molecular weight is 439 g/mol. The minimum Gasteiger partial charge on any atom is -0.503 e. The molecule has 1 atom stereocenters. The number of fused-ring (bicyclic) bond motifs is 1. The van der Waals surface area contributed by atoms with Crippen molar-refractivity contribution in [2.75, 3.05) is 12.0 Å². The third kappa shape index (κ3) is 3.36. The van der Waals surface area contributed by atoms with E-state index in [-0.39, 0.29) is 11.3 Å². The van der Waals surface area contributed by atoms with Gasteiger partial charge in [-0.3, -0.25) is 14.5 Å². The summed E-state index contributed by atoms with van der Waals surface area (Å²) in [5.74, 6) is -1.25. The summed E-state index contributed by atoms with van der Waals surface area (Å²) in [6.07, 6.45) is 0. The van der Waals surface area contributed by atoms with Gasteiger partial charge in [0, 0.05) is 11.1 Å². The number of benzene rings is 3. The molecule has 1 N–H and O–H groups in total. The lowest BCUT2D eigenvalue weighted by Gasteiger charge is -2.27. The fourth-order valence-electron chi connectivity index (χ4n) is 4.27. The van der Waals surface area contributed by atoms with Crippen LogP contribution >= 0.6 is 0 Å². The van der Waals surface area contributed by atoms with E-state index in [9.17, 15) is 14.7 Å². The van der Waals surface area contributed by atoms with Crippen LogP contribution in [0.25, 0.3) is 11.0 Å². The number of carbonyl (C=O) groups excluding carboxylic acids is 2. The first-order chi connectivity index (χ1) is 16.0. The quantitative estimate of drug-likeness (QED) is 0.414. The van der Waals surface area contributed by atoms with Crippen LogP contribution in [0.2, 0.25) is 0 Å². The summed E-state index contributed by atoms with van der Waals surface area (Å²) in [6, 6.07) is 22.7. The minimum absolute atomic E-state index is 0.0225. The Hall–Kier alpha value is -4.32. The molecule has 3 aromatic carbocycles. The molecular weight excluding hydrogens is 418 g/mol. The lowest BCUT2D eigenvalue weighted by atomic mass is 9.94. The zero-order chi connectivity index (χ0) is 23.1. The molecule has 164 valence electrons. The Morgan fingerprint density at radius 1 is 1.00 bits per heavy atom. The number of furan rings is 1. The number of carbonyl (C=O) groups is 2. The highest BCUT2D eigenvalue weighted by Crippen LogP contribution is 2.42. The Kier molecular flexibility index (Phi) is 4.98. The maximum atomic E-state index is 13.7. The molecule has 1 aliphatic heterocycles. The van der Waals surface area contributed by atoms with E-state index in [1.54, 1.807) is 30.3 Å². The molecule has 0 radical (unpaired) electrons. The smallest absolute Gasteiger partial charge is 0.294 e. The van der Waals surface area contributed by atoms with Gasteiger partial charge in [0.25, 0.3) is 5.91 Å². The van der Waals surface area contributed by atoms with E-state index in [0.29, 0.717) is 28.0 Å². The van der Waals surface area contributed by atoms with Crippen LogP contribution in [0.1, 0.15) is 27.7 Å². The van der Waals surface area contributed by atoms with Crippen molar-refractivity contribution in [3.05, 3.63) is 107 Å². The van der Waals surface area contributed by atoms with Crippen molar-refractivity contribution >= 4 is 28.3 Å². The van der Waals surface area contributed by atoms with Gasteiger partial charge in [0.2, 0.25) is 5.78 Å². The number of aliphatic hydroxyl groups is 1. The van der Waals surface area contributed by atoms with Gasteiger partial charge in [-0.25, -0.2) is 0 Å². The molecule has 0 saturated carbocycles. The lowest BCUT2D eigenvalue weighted by molar-refractivity contribution is -0.117. The fourth-order valence-corrected chi connectivity index (χ4v) is 4.27. The minimum atomic E-state index is -0.803. The predicted octanol–water partition coefficient (Wildman–Crippen LogP) is 5.53. The zero-order valence-corrected chi connectivity index (χ0v) is 18.1. The number of ether oxygens (including phenoxy) is 1. The highest BCUT2D eigenvalue weighted by molar-refractivity contribution is 6.20. The molecule has 0 saturated heterocycles. The molecule has 2 heterocycles. The number of aryl methyl sites for hydroxylation is 1. The van der Waals surface area contributed by atoms with Crippen molar-refractivity contribution in [3.63, 3.8) is 0 Å². The van der Waals surface area contributed by atoms with Crippen molar-refractivity contribution < 1.29 is 23.8 Å². The number of hydrogen-bond donors (Lipinski definition) is 1. The zero-order valence-electron chi connectivity index (χ0n) is 18.1. The third-order valence-electron chi connectivity index (χ3n) is 5.80. The summed E-state index contributed by atoms with van der Waals surface area (Å²) >= 11 is 0. The van der Waals surface area contributed by atoms with E-state index in [0.717, 1.165) is 5.56 Å². The third-order valence-corrected chi connectivity index (χ3v) is 5.80. The van der Waals surface area contributed by atoms with Crippen LogP contribution in [-0.2, 0) is 4.79 Å². The van der Waals surface area contributed by atoms with Crippen LogP contribution in [0.5, 0.6) is 5.75 Å². The molecule has 6 heteroatoms. The van der Waals surface area contributed by atoms with Gasteiger partial charge in [-0.2, -0.15) is 0 Å². The number of Topliss-reactive ketones (excluding diaryl/α,β-unsaturated/α-hetero) is 1. The molecule has 33 heavy (non-hydrogen) atoms. The molecule has 0 fully saturated rings. The molecule has 0 bridgehead atoms. The number of hydrogen-bond acceptors (Lipinski definition) is 5. The van der Waals surface area contributed by atoms with Gasteiger partial charge in [-0.15, -0.1) is 0 Å². The van der Waals surface area contributed by atoms with E-state index >= 15 is 0 Å². The van der Waals surface area contributed by atoms with Crippen LogP contribution < -0.4 is 9.64 Å². The molecular formula is C27H21NO5. The van der Waals surface area contributed by atoms with E-state index < -0.39 is 23.5 Å². The molecule has 0 spiro atoms. The van der Waals surface area contributed by atoms with Crippen molar-refractivity contribution in [2.24, 2.45) is 0 Å². The number of rotatable bonds is 5. The maximum Gasteiger partial charge on any atom is 0.294 e. The van der Waals surface area contributed by atoms with Gasteiger partial charge in [0.05, 0.1) is 18.7 Å². The number of para-hydroxylation sites is 1. The Morgan fingerprint density at radius 2 is 1.76 bits per heavy atom. The standard InChI is InChI=1S/C27H21NO5/c1-16-8-6-12-19(14-16)28-23(17-9-4-3-5-10-17)22(25(30)27(28)31)24(29)21-15-18-11-7-13-20(32-2)26(18)33-21/h3-15,23,30H,1-2H3. The summed E-state index contributed by atoms with van der Waals surface area (Å²) in [4.78, 5) is 28.4. The second-order valence-corrected chi connectivity index (χ2v) is 7.91. The molecule has 4 aromatic rings. The SMILES string of the molecule is COc1cccc2cc(C(=O)C3=C(O)C(=O)N(c4cccc(C)c4)C3c3ccccc3)oc12. The van der Waals surface area contributed by atoms with Crippen LogP contribution in [-0.4, -0.2) is 23.9 Å². The maximum absolute atomic E-state index is 13.7. The number of anilines is 1. The van der Waals surface area contributed by atoms with Gasteiger partial charge in [-0.1, -0.05) is 54.6 Å². The summed E-state index contributed by atoms with van der Waals surface area (Å²) in [5.41, 5.74) is 2.66. The predicted molar refractivity (Wildman–Crippen MR) is 125 cm³/mol. The summed E-state index contributed by atoms with van der Waals surface area (Å²) in [7, 11) is 1.52. The molecule has 1 aromatic heterocycles. The van der Waals surface area contributed by atoms with Crippen molar-refractivity contribution in [3.8, 4) is 5.75 Å². The van der Waals surface area contributed by atoms with E-state index in [1.165, 1.54) is 12.0 Å². The Labute approximate surface area is 190 Å². The average Bonchev–Trinajstić information content (AvgIpc) is 3.38. The highest BCUT2D eigenvalue weighted by Gasteiger charge is 2.45. The first-order valence-corrected chi connectivity index (χ1v) is 10.5. The molecule has 1 aliphatic rings. The van der Waals surface area contributed by atoms with Gasteiger partial charge in [-0.05, 0) is 42.3 Å². The summed E-state index contributed by atoms with van der Waals surface area (Å²) in [6.45, 7) is 1.92. The van der Waals surface area contributed by atoms with E-state index in [1.807, 2.05) is 55.5 Å². The lowest BCUT2D eigenvalue weighted by Crippen LogP contribution is -2.31. The van der Waals surface area contributed by atoms with Crippen molar-refractivity contribution in [2.45, 2.75) is 13.0 Å². The van der Waals surface area contributed by atoms with Gasteiger partial charge in [0.15, 0.2) is 22.9 Å². The normalized spacial score (nSPS) is 16.0. The number of nitrogens with zero attached hydrogens (tertiary/aromatic N) is 1. The van der Waals surface area contributed by atoms with Crippen LogP contribution in [0.15, 0.2) is 94.6 Å². The van der Waals surface area contributed by atoms with Gasteiger partial charge >= 0.3 is 0 Å². The van der Waals surface area contributed by atoms with Crippen LogP contribution in [0, 0.1) is 6.92 Å². The molecule has 6 nitrogen and oxygen atoms in total. The summed E-state index contributed by atoms with van der Waals surface area (Å²) < 4.78 is 11.2.